The number of likely N-dealkylation sites (N-methyl/N-ethyl adjacent to an activating group) is 1. The van der Waals surface area contributed by atoms with Gasteiger partial charge >= 0.3 is 0 Å². The molecule has 4 nitrogen and oxygen atoms in total. The highest BCUT2D eigenvalue weighted by Gasteiger charge is 2.43. The minimum atomic E-state index is 0.195. The molecule has 2 aliphatic heterocycles. The Balaban J connectivity index is 2.02. The molecule has 2 heterocycles. The second-order valence-electron chi connectivity index (χ2n) is 6.39. The maximum Gasteiger partial charge on any atom is 0.0590 e. The molecule has 118 valence electrons. The summed E-state index contributed by atoms with van der Waals surface area (Å²) in [7, 11) is 0. The van der Waals surface area contributed by atoms with Crippen LogP contribution in [0.3, 0.4) is 0 Å². The molecule has 0 spiro atoms. The molecule has 0 bridgehead atoms. The molecule has 2 aliphatic rings. The molecule has 0 saturated carbocycles. The minimum Gasteiger partial charge on any atom is -0.378 e. The molecule has 0 radical (unpaired) electrons. The quantitative estimate of drug-likeness (QED) is 0.805. The monoisotopic (exact) mass is 283 g/mol. The van der Waals surface area contributed by atoms with E-state index in [0.29, 0.717) is 6.10 Å². The van der Waals surface area contributed by atoms with Gasteiger partial charge in [0.25, 0.3) is 0 Å². The number of hydrogen-bond acceptors (Lipinski definition) is 4. The summed E-state index contributed by atoms with van der Waals surface area (Å²) in [5.74, 6) is 0. The number of nitrogens with two attached hydrogens (primary N) is 1. The Bertz CT molecular complexity index is 295. The van der Waals surface area contributed by atoms with Gasteiger partial charge in [-0.25, -0.2) is 0 Å². The summed E-state index contributed by atoms with van der Waals surface area (Å²) < 4.78 is 5.87. The molecular formula is C16H33N3O. The lowest BCUT2D eigenvalue weighted by Crippen LogP contribution is -2.58. The molecule has 3 unspecified atom stereocenters. The lowest BCUT2D eigenvalue weighted by Gasteiger charge is -2.46. The maximum atomic E-state index is 6.21. The van der Waals surface area contributed by atoms with Crippen LogP contribution in [0.2, 0.25) is 0 Å². The SMILES string of the molecule is CCC1CC(CN)(N2CCC(N(CC)CC)C2)CCO1. The second kappa shape index (κ2) is 7.21. The van der Waals surface area contributed by atoms with Crippen molar-refractivity contribution in [2.75, 3.05) is 39.3 Å². The van der Waals surface area contributed by atoms with Crippen LogP contribution in [-0.4, -0.2) is 66.8 Å². The van der Waals surface area contributed by atoms with Crippen LogP contribution in [0.15, 0.2) is 0 Å². The van der Waals surface area contributed by atoms with Gasteiger partial charge in [-0.1, -0.05) is 20.8 Å². The van der Waals surface area contributed by atoms with Crippen LogP contribution >= 0.6 is 0 Å². The molecule has 0 aromatic rings. The van der Waals surface area contributed by atoms with Crippen LogP contribution in [0.25, 0.3) is 0 Å². The Morgan fingerprint density at radius 3 is 2.65 bits per heavy atom. The van der Waals surface area contributed by atoms with Gasteiger partial charge in [-0.3, -0.25) is 9.80 Å². The van der Waals surface area contributed by atoms with Crippen molar-refractivity contribution in [1.29, 1.82) is 0 Å². The van der Waals surface area contributed by atoms with Crippen molar-refractivity contribution < 1.29 is 4.74 Å². The molecule has 0 aromatic heterocycles. The molecule has 2 saturated heterocycles. The summed E-state index contributed by atoms with van der Waals surface area (Å²) in [5.41, 5.74) is 6.41. The molecule has 4 heteroatoms. The highest BCUT2D eigenvalue weighted by atomic mass is 16.5. The first-order valence-corrected chi connectivity index (χ1v) is 8.49. The number of likely N-dealkylation sites (tertiary alicyclic amines) is 1. The van der Waals surface area contributed by atoms with E-state index in [1.807, 2.05) is 0 Å². The van der Waals surface area contributed by atoms with Crippen molar-refractivity contribution in [3.8, 4) is 0 Å². The van der Waals surface area contributed by atoms with E-state index in [9.17, 15) is 0 Å². The number of nitrogens with zero attached hydrogens (tertiary/aromatic N) is 2. The smallest absolute Gasteiger partial charge is 0.0590 e. The fourth-order valence-electron chi connectivity index (χ4n) is 4.07. The van der Waals surface area contributed by atoms with Crippen molar-refractivity contribution in [2.45, 2.75) is 64.1 Å². The van der Waals surface area contributed by atoms with Gasteiger partial charge in [0.15, 0.2) is 0 Å². The molecule has 0 aromatic carbocycles. The average Bonchev–Trinajstić information content (AvgIpc) is 2.99. The third-order valence-electron chi connectivity index (χ3n) is 5.53. The van der Waals surface area contributed by atoms with Crippen molar-refractivity contribution in [2.24, 2.45) is 5.73 Å². The third kappa shape index (κ3) is 3.19. The van der Waals surface area contributed by atoms with Gasteiger partial charge in [0, 0.05) is 37.8 Å². The van der Waals surface area contributed by atoms with Gasteiger partial charge in [0.1, 0.15) is 0 Å². The molecule has 2 fully saturated rings. The summed E-state index contributed by atoms with van der Waals surface area (Å²) in [4.78, 5) is 5.28. The Morgan fingerprint density at radius 1 is 1.30 bits per heavy atom. The Hall–Kier alpha value is -0.160. The van der Waals surface area contributed by atoms with E-state index in [0.717, 1.165) is 51.5 Å². The maximum absolute atomic E-state index is 6.21. The van der Waals surface area contributed by atoms with Gasteiger partial charge in [-0.05, 0) is 38.8 Å². The van der Waals surface area contributed by atoms with E-state index >= 15 is 0 Å². The molecule has 20 heavy (non-hydrogen) atoms. The van der Waals surface area contributed by atoms with E-state index in [4.69, 9.17) is 10.5 Å². The van der Waals surface area contributed by atoms with Crippen molar-refractivity contribution in [3.63, 3.8) is 0 Å². The van der Waals surface area contributed by atoms with E-state index in [1.165, 1.54) is 19.5 Å². The lowest BCUT2D eigenvalue weighted by molar-refractivity contribution is -0.0671. The van der Waals surface area contributed by atoms with Crippen LogP contribution in [0.5, 0.6) is 0 Å². The average molecular weight is 283 g/mol. The van der Waals surface area contributed by atoms with Gasteiger partial charge in [0.2, 0.25) is 0 Å². The first-order chi connectivity index (χ1) is 9.69. The predicted octanol–water partition coefficient (Wildman–Crippen LogP) is 1.69. The van der Waals surface area contributed by atoms with Crippen LogP contribution in [0.4, 0.5) is 0 Å². The largest absolute Gasteiger partial charge is 0.378 e. The van der Waals surface area contributed by atoms with Gasteiger partial charge in [-0.15, -0.1) is 0 Å². The Labute approximate surface area is 124 Å². The minimum absolute atomic E-state index is 0.195. The number of hydrogen-bond donors (Lipinski definition) is 1. The molecule has 2 N–H and O–H groups in total. The standard InChI is InChI=1S/C16H33N3O/c1-4-15-11-16(13-17,8-10-20-15)19-9-7-14(12-19)18(5-2)6-3/h14-15H,4-13,17H2,1-3H3. The predicted molar refractivity (Wildman–Crippen MR) is 83.9 cm³/mol. The fraction of sp³-hybridized carbons (Fsp3) is 1.00. The first kappa shape index (κ1) is 16.2. The topological polar surface area (TPSA) is 41.7 Å². The molecular weight excluding hydrogens is 250 g/mol. The first-order valence-electron chi connectivity index (χ1n) is 8.49. The zero-order valence-electron chi connectivity index (χ0n) is 13.6. The Kier molecular flexibility index (Phi) is 5.84. The van der Waals surface area contributed by atoms with Crippen LogP contribution in [-0.2, 0) is 4.74 Å². The van der Waals surface area contributed by atoms with Crippen LogP contribution in [0, 0.1) is 0 Å². The Morgan fingerprint density at radius 2 is 2.05 bits per heavy atom. The molecule has 2 rings (SSSR count). The van der Waals surface area contributed by atoms with E-state index in [1.54, 1.807) is 0 Å². The van der Waals surface area contributed by atoms with Crippen LogP contribution in [0.1, 0.15) is 46.5 Å². The zero-order chi connectivity index (χ0) is 14.6. The summed E-state index contributed by atoms with van der Waals surface area (Å²) in [6, 6.07) is 0.719. The highest BCUT2D eigenvalue weighted by Crippen LogP contribution is 2.34. The third-order valence-corrected chi connectivity index (χ3v) is 5.53. The summed E-state index contributed by atoms with van der Waals surface area (Å²) >= 11 is 0. The fourth-order valence-corrected chi connectivity index (χ4v) is 4.07. The normalized spacial score (nSPS) is 35.9. The summed E-state index contributed by atoms with van der Waals surface area (Å²) in [5, 5.41) is 0. The van der Waals surface area contributed by atoms with Crippen LogP contribution < -0.4 is 5.73 Å². The summed E-state index contributed by atoms with van der Waals surface area (Å²) in [6.45, 7) is 13.1. The number of rotatable bonds is 6. The van der Waals surface area contributed by atoms with E-state index < -0.39 is 0 Å². The number of ether oxygens (including phenoxy) is 1. The van der Waals surface area contributed by atoms with Gasteiger partial charge in [-0.2, -0.15) is 0 Å². The highest BCUT2D eigenvalue weighted by molar-refractivity contribution is 5.00. The molecule has 0 aliphatic carbocycles. The van der Waals surface area contributed by atoms with Crippen molar-refractivity contribution in [3.05, 3.63) is 0 Å². The van der Waals surface area contributed by atoms with Crippen molar-refractivity contribution >= 4 is 0 Å². The molecule has 3 atom stereocenters. The van der Waals surface area contributed by atoms with Gasteiger partial charge < -0.3 is 10.5 Å². The summed E-state index contributed by atoms with van der Waals surface area (Å²) in [6.07, 6.45) is 5.02. The molecule has 0 amide bonds. The van der Waals surface area contributed by atoms with E-state index in [-0.39, 0.29) is 5.54 Å². The van der Waals surface area contributed by atoms with Gasteiger partial charge in [0.05, 0.1) is 6.10 Å². The second-order valence-corrected chi connectivity index (χ2v) is 6.39. The van der Waals surface area contributed by atoms with E-state index in [2.05, 4.69) is 30.6 Å². The lowest BCUT2D eigenvalue weighted by atomic mass is 9.84. The zero-order valence-corrected chi connectivity index (χ0v) is 13.6. The van der Waals surface area contributed by atoms with Crippen molar-refractivity contribution in [1.82, 2.24) is 9.80 Å².